The molecule has 3 nitrogen and oxygen atoms in total. The fourth-order valence-electron chi connectivity index (χ4n) is 3.56. The summed E-state index contributed by atoms with van der Waals surface area (Å²) in [6.07, 6.45) is 5.99. The van der Waals surface area contributed by atoms with Crippen LogP contribution in [-0.2, 0) is 6.54 Å². The van der Waals surface area contributed by atoms with Crippen molar-refractivity contribution in [1.29, 1.82) is 0 Å². The maximum Gasteiger partial charge on any atom is 0.266 e. The van der Waals surface area contributed by atoms with Crippen molar-refractivity contribution in [2.24, 2.45) is 5.73 Å². The number of aryl methyl sites for hydroxylation is 1. The Bertz CT molecular complexity index is 849. The highest BCUT2D eigenvalue weighted by atomic mass is 16.1. The van der Waals surface area contributed by atoms with Gasteiger partial charge < -0.3 is 10.3 Å². The van der Waals surface area contributed by atoms with E-state index < -0.39 is 0 Å². The van der Waals surface area contributed by atoms with Gasteiger partial charge in [0.2, 0.25) is 0 Å². The third kappa shape index (κ3) is 3.60. The number of hydrogen-bond acceptors (Lipinski definition) is 1. The predicted molar refractivity (Wildman–Crippen MR) is 105 cm³/mol. The molecule has 2 aromatic carbocycles. The van der Waals surface area contributed by atoms with Gasteiger partial charge in [0.25, 0.3) is 5.91 Å². The summed E-state index contributed by atoms with van der Waals surface area (Å²) in [5.41, 5.74) is 9.52. The second kappa shape index (κ2) is 8.02. The topological polar surface area (TPSA) is 48.0 Å². The lowest BCUT2D eigenvalue weighted by molar-refractivity contribution is 0.0992. The Morgan fingerprint density at radius 3 is 2.32 bits per heavy atom. The van der Waals surface area contributed by atoms with E-state index in [1.54, 1.807) is 0 Å². The molecule has 0 aliphatic rings. The van der Waals surface area contributed by atoms with Crippen LogP contribution in [0.2, 0.25) is 0 Å². The number of benzene rings is 2. The molecule has 1 amide bonds. The zero-order valence-electron chi connectivity index (χ0n) is 14.9. The van der Waals surface area contributed by atoms with Gasteiger partial charge >= 0.3 is 0 Å². The quantitative estimate of drug-likeness (QED) is 0.553. The number of hydrogen-bond donors (Lipinski definition) is 1. The molecule has 3 aromatic rings. The van der Waals surface area contributed by atoms with Crippen LogP contribution in [0, 0.1) is 0 Å². The maximum absolute atomic E-state index is 12.3. The molecule has 0 saturated carbocycles. The van der Waals surface area contributed by atoms with Crippen molar-refractivity contribution >= 4 is 16.8 Å². The molecule has 1 heterocycles. The van der Waals surface area contributed by atoms with E-state index >= 15 is 0 Å². The highest BCUT2D eigenvalue weighted by Gasteiger charge is 2.21. The average Bonchev–Trinajstić information content (AvgIpc) is 2.97. The number of aromatic nitrogens is 1. The van der Waals surface area contributed by atoms with E-state index in [0.717, 1.165) is 35.0 Å². The number of carbonyl (C=O) groups is 1. The van der Waals surface area contributed by atoms with Crippen molar-refractivity contribution < 1.29 is 4.79 Å². The molecule has 0 radical (unpaired) electrons. The first kappa shape index (κ1) is 17.3. The second-order valence-electron chi connectivity index (χ2n) is 6.54. The Labute approximate surface area is 149 Å². The van der Waals surface area contributed by atoms with E-state index in [4.69, 9.17) is 5.73 Å². The van der Waals surface area contributed by atoms with Gasteiger partial charge in [0, 0.05) is 23.0 Å². The minimum absolute atomic E-state index is 0.358. The normalized spacial score (nSPS) is 11.1. The van der Waals surface area contributed by atoms with Crippen molar-refractivity contribution in [3.05, 3.63) is 60.3 Å². The van der Waals surface area contributed by atoms with Gasteiger partial charge in [0.05, 0.1) is 0 Å². The second-order valence-corrected chi connectivity index (χ2v) is 6.54. The average molecular weight is 334 g/mol. The summed E-state index contributed by atoms with van der Waals surface area (Å²) >= 11 is 0. The summed E-state index contributed by atoms with van der Waals surface area (Å²) in [5, 5.41) is 1.09. The van der Waals surface area contributed by atoms with Crippen LogP contribution >= 0.6 is 0 Å². The van der Waals surface area contributed by atoms with Crippen LogP contribution in [0.4, 0.5) is 0 Å². The van der Waals surface area contributed by atoms with Gasteiger partial charge in [-0.1, -0.05) is 81.1 Å². The zero-order chi connectivity index (χ0) is 17.6. The molecule has 0 atom stereocenters. The molecule has 0 fully saturated rings. The predicted octanol–water partition coefficient (Wildman–Crippen LogP) is 5.38. The van der Waals surface area contributed by atoms with Crippen LogP contribution in [-0.4, -0.2) is 10.5 Å². The summed E-state index contributed by atoms with van der Waals surface area (Å²) in [7, 11) is 0. The molecule has 0 unspecified atom stereocenters. The lowest BCUT2D eigenvalue weighted by Crippen LogP contribution is -2.18. The lowest BCUT2D eigenvalue weighted by Gasteiger charge is -2.10. The van der Waals surface area contributed by atoms with Gasteiger partial charge in [-0.3, -0.25) is 4.79 Å². The highest BCUT2D eigenvalue weighted by molar-refractivity contribution is 6.09. The van der Waals surface area contributed by atoms with Gasteiger partial charge in [-0.05, 0) is 18.1 Å². The summed E-state index contributed by atoms with van der Waals surface area (Å²) < 4.78 is 2.12. The molecule has 0 spiro atoms. The molecule has 25 heavy (non-hydrogen) atoms. The third-order valence-corrected chi connectivity index (χ3v) is 4.75. The van der Waals surface area contributed by atoms with Gasteiger partial charge in [-0.15, -0.1) is 0 Å². The number of rotatable bonds is 8. The van der Waals surface area contributed by atoms with Gasteiger partial charge in [0.15, 0.2) is 0 Å². The molecular weight excluding hydrogens is 308 g/mol. The van der Waals surface area contributed by atoms with E-state index in [-0.39, 0.29) is 5.91 Å². The summed E-state index contributed by atoms with van der Waals surface area (Å²) in [6.45, 7) is 3.05. The van der Waals surface area contributed by atoms with Crippen LogP contribution < -0.4 is 5.73 Å². The minimum Gasteiger partial charge on any atom is -0.364 e. The maximum atomic E-state index is 12.3. The molecule has 0 aliphatic carbocycles. The van der Waals surface area contributed by atoms with Gasteiger partial charge in [-0.2, -0.15) is 0 Å². The van der Waals surface area contributed by atoms with E-state index in [1.165, 1.54) is 25.7 Å². The summed E-state index contributed by atoms with van der Waals surface area (Å²) in [5.74, 6) is -0.358. The van der Waals surface area contributed by atoms with Crippen LogP contribution in [0.1, 0.15) is 49.5 Å². The Morgan fingerprint density at radius 1 is 0.920 bits per heavy atom. The fraction of sp³-hybridized carbons (Fsp3) is 0.318. The molecule has 2 N–H and O–H groups in total. The van der Waals surface area contributed by atoms with E-state index in [0.29, 0.717) is 5.69 Å². The SMILES string of the molecule is CCCCCCCn1c(C(N)=O)c(-c2ccccc2)c2ccccc21. The highest BCUT2D eigenvalue weighted by Crippen LogP contribution is 2.35. The number of primary amides is 1. The summed E-state index contributed by atoms with van der Waals surface area (Å²) in [4.78, 5) is 12.3. The molecule has 0 bridgehead atoms. The molecule has 3 rings (SSSR count). The number of para-hydroxylation sites is 1. The Hall–Kier alpha value is -2.55. The lowest BCUT2D eigenvalue weighted by atomic mass is 10.0. The Kier molecular flexibility index (Phi) is 5.54. The van der Waals surface area contributed by atoms with Crippen molar-refractivity contribution in [2.45, 2.75) is 45.6 Å². The number of unbranched alkanes of at least 4 members (excludes halogenated alkanes) is 4. The van der Waals surface area contributed by atoms with Crippen LogP contribution in [0.3, 0.4) is 0 Å². The van der Waals surface area contributed by atoms with Crippen LogP contribution in [0.5, 0.6) is 0 Å². The molecule has 3 heteroatoms. The smallest absolute Gasteiger partial charge is 0.266 e. The van der Waals surface area contributed by atoms with E-state index in [2.05, 4.69) is 23.6 Å². The standard InChI is InChI=1S/C22H26N2O/c1-2-3-4-5-11-16-24-19-15-10-9-14-18(19)20(21(24)22(23)25)17-12-7-6-8-13-17/h6-10,12-15H,2-5,11,16H2,1H3,(H2,23,25). The number of carbonyl (C=O) groups excluding carboxylic acids is 1. The number of nitrogens with two attached hydrogens (primary N) is 1. The van der Waals surface area contributed by atoms with E-state index in [9.17, 15) is 4.79 Å². The minimum atomic E-state index is -0.358. The number of amides is 1. The first-order valence-corrected chi connectivity index (χ1v) is 9.20. The van der Waals surface area contributed by atoms with Crippen molar-refractivity contribution in [2.75, 3.05) is 0 Å². The van der Waals surface area contributed by atoms with Crippen molar-refractivity contribution in [3.63, 3.8) is 0 Å². The van der Waals surface area contributed by atoms with E-state index in [1.807, 2.05) is 42.5 Å². The third-order valence-electron chi connectivity index (χ3n) is 4.75. The first-order chi connectivity index (χ1) is 12.2. The largest absolute Gasteiger partial charge is 0.364 e. The number of nitrogens with zero attached hydrogens (tertiary/aromatic N) is 1. The van der Waals surface area contributed by atoms with Gasteiger partial charge in [0.1, 0.15) is 5.69 Å². The molecule has 0 aliphatic heterocycles. The van der Waals surface area contributed by atoms with Crippen molar-refractivity contribution in [1.82, 2.24) is 4.57 Å². The first-order valence-electron chi connectivity index (χ1n) is 9.20. The fourth-order valence-corrected chi connectivity index (χ4v) is 3.56. The zero-order valence-corrected chi connectivity index (χ0v) is 14.9. The molecular formula is C22H26N2O. The Balaban J connectivity index is 2.06. The van der Waals surface area contributed by atoms with Crippen LogP contribution in [0.25, 0.3) is 22.0 Å². The summed E-state index contributed by atoms with van der Waals surface area (Å²) in [6, 6.07) is 18.3. The monoisotopic (exact) mass is 334 g/mol. The molecule has 0 saturated heterocycles. The number of fused-ring (bicyclic) bond motifs is 1. The van der Waals surface area contributed by atoms with Crippen molar-refractivity contribution in [3.8, 4) is 11.1 Å². The van der Waals surface area contributed by atoms with Gasteiger partial charge in [-0.25, -0.2) is 0 Å². The Morgan fingerprint density at radius 2 is 1.60 bits per heavy atom. The molecule has 1 aromatic heterocycles. The van der Waals surface area contributed by atoms with Crippen LogP contribution in [0.15, 0.2) is 54.6 Å². The molecule has 130 valence electrons.